The Hall–Kier alpha value is -2.45. The summed E-state index contributed by atoms with van der Waals surface area (Å²) in [6.45, 7) is 6.55. The summed E-state index contributed by atoms with van der Waals surface area (Å²) in [5.41, 5.74) is 1.84. The number of hydrogen-bond donors (Lipinski definition) is 1. The van der Waals surface area contributed by atoms with Crippen LogP contribution in [0, 0.1) is 5.82 Å². The van der Waals surface area contributed by atoms with Crippen LogP contribution in [0.2, 0.25) is 0 Å². The summed E-state index contributed by atoms with van der Waals surface area (Å²) in [4.78, 5) is 9.35. The van der Waals surface area contributed by atoms with Gasteiger partial charge in [-0.3, -0.25) is 9.89 Å². The third-order valence-corrected chi connectivity index (χ3v) is 5.64. The summed E-state index contributed by atoms with van der Waals surface area (Å²) < 4.78 is 20.3. The number of likely N-dealkylation sites (tertiary alicyclic amines) is 1. The highest BCUT2D eigenvalue weighted by Crippen LogP contribution is 2.17. The van der Waals surface area contributed by atoms with Gasteiger partial charge in [0.25, 0.3) is 0 Å². The smallest absolute Gasteiger partial charge is 0.193 e. The van der Waals surface area contributed by atoms with Gasteiger partial charge in [0.15, 0.2) is 5.96 Å². The number of rotatable bonds is 5. The van der Waals surface area contributed by atoms with Crippen molar-refractivity contribution in [3.63, 3.8) is 0 Å². The molecular formula is C21H29FN6O. The van der Waals surface area contributed by atoms with E-state index in [1.807, 2.05) is 19.3 Å². The molecule has 2 fully saturated rings. The molecule has 29 heavy (non-hydrogen) atoms. The molecule has 0 amide bonds. The predicted octanol–water partition coefficient (Wildman–Crippen LogP) is 1.54. The summed E-state index contributed by atoms with van der Waals surface area (Å²) in [6.07, 6.45) is 3.88. The topological polar surface area (TPSA) is 57.9 Å². The van der Waals surface area contributed by atoms with Crippen LogP contribution in [-0.4, -0.2) is 84.6 Å². The summed E-state index contributed by atoms with van der Waals surface area (Å²) in [6, 6.07) is 8.93. The maximum Gasteiger partial charge on any atom is 0.193 e. The Morgan fingerprint density at radius 2 is 2.00 bits per heavy atom. The molecule has 1 aromatic heterocycles. The van der Waals surface area contributed by atoms with E-state index in [9.17, 15) is 4.39 Å². The molecule has 1 atom stereocenters. The van der Waals surface area contributed by atoms with Crippen LogP contribution < -0.4 is 5.32 Å². The Kier molecular flexibility index (Phi) is 6.41. The van der Waals surface area contributed by atoms with E-state index in [4.69, 9.17) is 4.74 Å². The van der Waals surface area contributed by atoms with Gasteiger partial charge in [0.1, 0.15) is 5.82 Å². The minimum absolute atomic E-state index is 0.241. The first-order valence-electron chi connectivity index (χ1n) is 10.3. The number of nitrogens with zero attached hydrogens (tertiary/aromatic N) is 5. The molecular weight excluding hydrogens is 371 g/mol. The van der Waals surface area contributed by atoms with Crippen LogP contribution in [0.3, 0.4) is 0 Å². The SMILES string of the molecule is CN=C(NCCc1ccn(-c2ccc(F)cc2)n1)N1CCC(N2CCOCC2)C1. The average molecular weight is 401 g/mol. The molecule has 0 aliphatic carbocycles. The second-order valence-corrected chi connectivity index (χ2v) is 7.49. The number of nitrogens with one attached hydrogen (secondary N) is 1. The van der Waals surface area contributed by atoms with E-state index in [-0.39, 0.29) is 5.82 Å². The lowest BCUT2D eigenvalue weighted by atomic mass is 10.2. The number of aliphatic imine (C=N–C) groups is 1. The standard InChI is InChI=1S/C21H29FN6O/c1-23-21(27-10-8-20(16-27)26-12-14-29-15-13-26)24-9-6-18-7-11-28(25-18)19-4-2-17(22)3-5-19/h2-5,7,11,20H,6,8-10,12-16H2,1H3,(H,23,24). The van der Waals surface area contributed by atoms with Crippen molar-refractivity contribution >= 4 is 5.96 Å². The van der Waals surface area contributed by atoms with Gasteiger partial charge in [-0.05, 0) is 36.8 Å². The van der Waals surface area contributed by atoms with Crippen molar-refractivity contribution in [3.05, 3.63) is 48.0 Å². The molecule has 0 bridgehead atoms. The van der Waals surface area contributed by atoms with Crippen molar-refractivity contribution in [2.24, 2.45) is 4.99 Å². The van der Waals surface area contributed by atoms with Crippen LogP contribution in [0.1, 0.15) is 12.1 Å². The monoisotopic (exact) mass is 400 g/mol. The van der Waals surface area contributed by atoms with Gasteiger partial charge < -0.3 is 15.0 Å². The first kappa shape index (κ1) is 19.8. The van der Waals surface area contributed by atoms with Crippen molar-refractivity contribution in [1.82, 2.24) is 24.9 Å². The Morgan fingerprint density at radius 3 is 2.76 bits per heavy atom. The summed E-state index contributed by atoms with van der Waals surface area (Å²) in [5.74, 6) is 0.716. The van der Waals surface area contributed by atoms with Crippen molar-refractivity contribution in [2.45, 2.75) is 18.9 Å². The van der Waals surface area contributed by atoms with E-state index in [0.717, 1.165) is 69.7 Å². The number of ether oxygens (including phenoxy) is 1. The van der Waals surface area contributed by atoms with Gasteiger partial charge in [0.05, 0.1) is 24.6 Å². The maximum absolute atomic E-state index is 13.1. The number of benzene rings is 1. The van der Waals surface area contributed by atoms with Crippen LogP contribution in [0.4, 0.5) is 4.39 Å². The zero-order valence-corrected chi connectivity index (χ0v) is 16.9. The van der Waals surface area contributed by atoms with Gasteiger partial charge in [-0.25, -0.2) is 9.07 Å². The number of guanidine groups is 1. The van der Waals surface area contributed by atoms with Crippen molar-refractivity contribution in [3.8, 4) is 5.69 Å². The third kappa shape index (κ3) is 4.94. The molecule has 7 nitrogen and oxygen atoms in total. The van der Waals surface area contributed by atoms with E-state index in [1.165, 1.54) is 18.6 Å². The Bertz CT molecular complexity index is 815. The second kappa shape index (κ2) is 9.37. The molecule has 8 heteroatoms. The van der Waals surface area contributed by atoms with Crippen LogP contribution in [0.25, 0.3) is 5.69 Å². The van der Waals surface area contributed by atoms with Crippen molar-refractivity contribution < 1.29 is 9.13 Å². The Labute approximate surface area is 171 Å². The summed E-state index contributed by atoms with van der Waals surface area (Å²) in [5, 5.41) is 8.06. The molecule has 0 saturated carbocycles. The van der Waals surface area contributed by atoms with Gasteiger partial charge in [-0.15, -0.1) is 0 Å². The predicted molar refractivity (Wildman–Crippen MR) is 111 cm³/mol. The zero-order chi connectivity index (χ0) is 20.1. The normalized spacial score (nSPS) is 21.0. The van der Waals surface area contributed by atoms with Crippen LogP contribution in [0.5, 0.6) is 0 Å². The van der Waals surface area contributed by atoms with E-state index in [2.05, 4.69) is 25.2 Å². The number of halogens is 1. The molecule has 1 N–H and O–H groups in total. The average Bonchev–Trinajstić information content (AvgIpc) is 3.43. The van der Waals surface area contributed by atoms with Gasteiger partial charge >= 0.3 is 0 Å². The van der Waals surface area contributed by atoms with Crippen LogP contribution in [-0.2, 0) is 11.2 Å². The highest BCUT2D eigenvalue weighted by atomic mass is 19.1. The maximum atomic E-state index is 13.1. The molecule has 2 aromatic rings. The van der Waals surface area contributed by atoms with Crippen molar-refractivity contribution in [1.29, 1.82) is 0 Å². The van der Waals surface area contributed by atoms with Crippen molar-refractivity contribution in [2.75, 3.05) is 53.0 Å². The fourth-order valence-electron chi connectivity index (χ4n) is 4.04. The van der Waals surface area contributed by atoms with Crippen LogP contribution >= 0.6 is 0 Å². The summed E-state index contributed by atoms with van der Waals surface area (Å²) in [7, 11) is 1.84. The molecule has 2 aliphatic rings. The molecule has 156 valence electrons. The minimum Gasteiger partial charge on any atom is -0.379 e. The number of morpholine rings is 1. The van der Waals surface area contributed by atoms with Gasteiger partial charge in [0, 0.05) is 58.4 Å². The molecule has 2 aliphatic heterocycles. The van der Waals surface area contributed by atoms with E-state index in [1.54, 1.807) is 16.8 Å². The zero-order valence-electron chi connectivity index (χ0n) is 16.9. The van der Waals surface area contributed by atoms with E-state index in [0.29, 0.717) is 6.04 Å². The molecule has 4 rings (SSSR count). The van der Waals surface area contributed by atoms with E-state index < -0.39 is 0 Å². The number of aromatic nitrogens is 2. The molecule has 0 spiro atoms. The lowest BCUT2D eigenvalue weighted by molar-refractivity contribution is 0.0195. The quantitative estimate of drug-likeness (QED) is 0.610. The largest absolute Gasteiger partial charge is 0.379 e. The lowest BCUT2D eigenvalue weighted by Gasteiger charge is -2.32. The highest BCUT2D eigenvalue weighted by molar-refractivity contribution is 5.80. The first-order valence-corrected chi connectivity index (χ1v) is 10.3. The van der Waals surface area contributed by atoms with Gasteiger partial charge in [-0.1, -0.05) is 0 Å². The van der Waals surface area contributed by atoms with E-state index >= 15 is 0 Å². The third-order valence-electron chi connectivity index (χ3n) is 5.64. The molecule has 3 heterocycles. The lowest BCUT2D eigenvalue weighted by Crippen LogP contribution is -2.46. The fourth-order valence-corrected chi connectivity index (χ4v) is 4.04. The van der Waals surface area contributed by atoms with Gasteiger partial charge in [-0.2, -0.15) is 5.10 Å². The molecule has 2 saturated heterocycles. The fraction of sp³-hybridized carbons (Fsp3) is 0.524. The first-order chi connectivity index (χ1) is 14.2. The van der Waals surface area contributed by atoms with Crippen LogP contribution in [0.15, 0.2) is 41.5 Å². The second-order valence-electron chi connectivity index (χ2n) is 7.49. The summed E-state index contributed by atoms with van der Waals surface area (Å²) >= 11 is 0. The highest BCUT2D eigenvalue weighted by Gasteiger charge is 2.30. The Morgan fingerprint density at radius 1 is 1.21 bits per heavy atom. The molecule has 1 aromatic carbocycles. The van der Waals surface area contributed by atoms with Gasteiger partial charge in [0.2, 0.25) is 0 Å². The number of hydrogen-bond acceptors (Lipinski definition) is 4. The Balaban J connectivity index is 1.26. The molecule has 1 unspecified atom stereocenters. The minimum atomic E-state index is -0.241. The molecule has 0 radical (unpaired) electrons.